The number of amides is 1. The summed E-state index contributed by atoms with van der Waals surface area (Å²) in [5.74, 6) is -0.276. The Labute approximate surface area is 151 Å². The largest absolute Gasteiger partial charge is 0.395 e. The third kappa shape index (κ3) is 4.33. The molecule has 0 aliphatic heterocycles. The number of carbonyl (C=O) groups excluding carboxylic acids is 1. The van der Waals surface area contributed by atoms with Crippen LogP contribution in [0.15, 0.2) is 24.3 Å². The van der Waals surface area contributed by atoms with Crippen LogP contribution in [0.3, 0.4) is 0 Å². The zero-order chi connectivity index (χ0) is 17.8. The smallest absolute Gasteiger partial charge is 0.267 e. The van der Waals surface area contributed by atoms with Gasteiger partial charge in [0.05, 0.1) is 13.2 Å². The van der Waals surface area contributed by atoms with Crippen molar-refractivity contribution in [3.05, 3.63) is 35.0 Å². The maximum Gasteiger partial charge on any atom is 0.267 e. The molecule has 4 N–H and O–H groups in total. The van der Waals surface area contributed by atoms with Crippen LogP contribution in [0.4, 0.5) is 0 Å². The Morgan fingerprint density at radius 3 is 2.84 bits per heavy atom. The van der Waals surface area contributed by atoms with Crippen LogP contribution in [0, 0.1) is 0 Å². The molecule has 1 aromatic heterocycles. The molecule has 1 aliphatic rings. The first-order chi connectivity index (χ1) is 12.1. The number of nitrogens with zero attached hydrogens (tertiary/aromatic N) is 1. The normalized spacial score (nSPS) is 16.6. The van der Waals surface area contributed by atoms with Crippen molar-refractivity contribution in [2.45, 2.75) is 38.0 Å². The summed E-state index contributed by atoms with van der Waals surface area (Å²) in [7, 11) is 0. The van der Waals surface area contributed by atoms with Gasteiger partial charge in [-0.2, -0.15) is 0 Å². The van der Waals surface area contributed by atoms with Gasteiger partial charge >= 0.3 is 0 Å². The van der Waals surface area contributed by atoms with Gasteiger partial charge in [0.25, 0.3) is 5.91 Å². The quantitative estimate of drug-likeness (QED) is 0.566. The molecular weight excluding hydrogens is 342 g/mol. The third-order valence-corrected chi connectivity index (χ3v) is 5.04. The highest BCUT2D eigenvalue weighted by molar-refractivity contribution is 6.31. The summed E-state index contributed by atoms with van der Waals surface area (Å²) < 4.78 is 0. The number of nitrogens with one attached hydrogen (secondary N) is 2. The van der Waals surface area contributed by atoms with Crippen molar-refractivity contribution in [3.8, 4) is 0 Å². The van der Waals surface area contributed by atoms with Crippen molar-refractivity contribution >= 4 is 28.4 Å². The van der Waals surface area contributed by atoms with E-state index >= 15 is 0 Å². The van der Waals surface area contributed by atoms with Gasteiger partial charge in [0, 0.05) is 28.5 Å². The Kier molecular flexibility index (Phi) is 5.96. The molecule has 1 heterocycles. The Morgan fingerprint density at radius 1 is 1.36 bits per heavy atom. The predicted molar refractivity (Wildman–Crippen MR) is 97.7 cm³/mol. The lowest BCUT2D eigenvalue weighted by Gasteiger charge is -2.32. The predicted octanol–water partition coefficient (Wildman–Crippen LogP) is 2.11. The molecule has 136 valence electrons. The molecule has 3 rings (SSSR count). The minimum absolute atomic E-state index is 0.00964. The lowest BCUT2D eigenvalue weighted by atomic mass is 10.2. The van der Waals surface area contributed by atoms with Crippen LogP contribution in [0.5, 0.6) is 0 Å². The van der Waals surface area contributed by atoms with Gasteiger partial charge in [-0.05, 0) is 37.1 Å². The first-order valence-electron chi connectivity index (χ1n) is 8.69. The van der Waals surface area contributed by atoms with Crippen LogP contribution in [0.2, 0.25) is 5.02 Å². The maximum atomic E-state index is 12.4. The van der Waals surface area contributed by atoms with E-state index in [1.54, 1.807) is 18.2 Å². The molecule has 1 amide bonds. The number of carbonyl (C=O) groups is 1. The first-order valence-corrected chi connectivity index (χ1v) is 9.07. The number of hydrogen-bond acceptors (Lipinski definition) is 4. The molecule has 0 bridgehead atoms. The highest BCUT2D eigenvalue weighted by Gasteiger charge is 2.27. The van der Waals surface area contributed by atoms with Crippen molar-refractivity contribution in [1.29, 1.82) is 0 Å². The average Bonchev–Trinajstić information content (AvgIpc) is 3.26. The third-order valence-electron chi connectivity index (χ3n) is 4.81. The van der Waals surface area contributed by atoms with Crippen molar-refractivity contribution in [1.82, 2.24) is 15.2 Å². The molecule has 1 fully saturated rings. The summed E-state index contributed by atoms with van der Waals surface area (Å²) in [4.78, 5) is 17.3. The van der Waals surface area contributed by atoms with E-state index < -0.39 is 6.23 Å². The van der Waals surface area contributed by atoms with Crippen molar-refractivity contribution in [3.63, 3.8) is 0 Å². The minimum atomic E-state index is -0.807. The number of aliphatic hydroxyl groups excluding tert-OH is 2. The van der Waals surface area contributed by atoms with Gasteiger partial charge < -0.3 is 20.5 Å². The highest BCUT2D eigenvalue weighted by atomic mass is 35.5. The number of aliphatic hydroxyl groups is 2. The summed E-state index contributed by atoms with van der Waals surface area (Å²) in [6.45, 7) is 0.516. The van der Waals surface area contributed by atoms with E-state index in [2.05, 4.69) is 10.3 Å². The van der Waals surface area contributed by atoms with Gasteiger partial charge in [-0.1, -0.05) is 24.4 Å². The zero-order valence-corrected chi connectivity index (χ0v) is 14.8. The number of aromatic amines is 1. The molecule has 1 aliphatic carbocycles. The van der Waals surface area contributed by atoms with E-state index in [0.717, 1.165) is 36.6 Å². The van der Waals surface area contributed by atoms with Gasteiger partial charge in [-0.25, -0.2) is 0 Å². The number of fused-ring (bicyclic) bond motifs is 1. The number of halogens is 1. The van der Waals surface area contributed by atoms with Crippen LogP contribution in [-0.4, -0.2) is 58.0 Å². The van der Waals surface area contributed by atoms with E-state index in [1.165, 1.54) is 0 Å². The van der Waals surface area contributed by atoms with E-state index in [-0.39, 0.29) is 25.1 Å². The van der Waals surface area contributed by atoms with Crippen molar-refractivity contribution in [2.75, 3.05) is 19.7 Å². The van der Waals surface area contributed by atoms with Gasteiger partial charge in [0.2, 0.25) is 0 Å². The zero-order valence-electron chi connectivity index (χ0n) is 14.0. The molecule has 7 heteroatoms. The van der Waals surface area contributed by atoms with E-state index in [0.29, 0.717) is 17.3 Å². The van der Waals surface area contributed by atoms with Crippen LogP contribution >= 0.6 is 11.6 Å². The Balaban J connectivity index is 1.61. The Bertz CT molecular complexity index is 727. The number of H-pyrrole nitrogens is 1. The van der Waals surface area contributed by atoms with Crippen LogP contribution in [-0.2, 0) is 0 Å². The topological polar surface area (TPSA) is 88.6 Å². The Hall–Kier alpha value is -1.60. The number of aromatic nitrogens is 1. The lowest BCUT2D eigenvalue weighted by molar-refractivity contribution is -0.0297. The molecule has 6 nitrogen and oxygen atoms in total. The molecule has 1 aromatic carbocycles. The molecule has 1 saturated carbocycles. The second-order valence-corrected chi connectivity index (χ2v) is 6.94. The maximum absolute atomic E-state index is 12.4. The first kappa shape index (κ1) is 18.2. The lowest BCUT2D eigenvalue weighted by Crippen LogP contribution is -2.49. The number of hydrogen-bond donors (Lipinski definition) is 4. The van der Waals surface area contributed by atoms with Crippen molar-refractivity contribution < 1.29 is 15.0 Å². The Morgan fingerprint density at radius 2 is 2.12 bits per heavy atom. The number of benzene rings is 1. The van der Waals surface area contributed by atoms with Crippen LogP contribution in [0.1, 0.15) is 36.2 Å². The van der Waals surface area contributed by atoms with Gasteiger partial charge in [0.1, 0.15) is 11.9 Å². The second-order valence-electron chi connectivity index (χ2n) is 6.50. The summed E-state index contributed by atoms with van der Waals surface area (Å²) >= 11 is 5.96. The van der Waals surface area contributed by atoms with Crippen LogP contribution in [0.25, 0.3) is 10.9 Å². The molecule has 1 unspecified atom stereocenters. The standard InChI is InChI=1S/C18H24ClN3O3/c19-13-5-6-15-12(9-13)10-16(21-15)18(25)20-11-17(24)22(7-8-23)14-3-1-2-4-14/h5-6,9-10,14,17,21,23-24H,1-4,7-8,11H2,(H,20,25). The molecule has 2 aromatic rings. The summed E-state index contributed by atoms with van der Waals surface area (Å²) in [6, 6.07) is 7.40. The molecule has 0 radical (unpaired) electrons. The monoisotopic (exact) mass is 365 g/mol. The van der Waals surface area contributed by atoms with Gasteiger partial charge in [-0.3, -0.25) is 9.69 Å². The highest BCUT2D eigenvalue weighted by Crippen LogP contribution is 2.24. The number of rotatable bonds is 7. The van der Waals surface area contributed by atoms with E-state index in [1.807, 2.05) is 11.0 Å². The summed E-state index contributed by atoms with van der Waals surface area (Å²) in [5.41, 5.74) is 1.27. The van der Waals surface area contributed by atoms with Gasteiger partial charge in [0.15, 0.2) is 0 Å². The van der Waals surface area contributed by atoms with E-state index in [9.17, 15) is 15.0 Å². The fourth-order valence-electron chi connectivity index (χ4n) is 3.55. The fourth-order valence-corrected chi connectivity index (χ4v) is 3.73. The molecule has 0 spiro atoms. The minimum Gasteiger partial charge on any atom is -0.395 e. The summed E-state index contributed by atoms with van der Waals surface area (Å²) in [5, 5.41) is 23.9. The second kappa shape index (κ2) is 8.19. The summed E-state index contributed by atoms with van der Waals surface area (Å²) in [6.07, 6.45) is 3.52. The molecular formula is C18H24ClN3O3. The SMILES string of the molecule is O=C(NCC(O)N(CCO)C1CCCC1)c1cc2cc(Cl)ccc2[nH]1. The fraction of sp³-hybridized carbons (Fsp3) is 0.500. The van der Waals surface area contributed by atoms with Crippen LogP contribution < -0.4 is 5.32 Å². The molecule has 1 atom stereocenters. The molecule has 25 heavy (non-hydrogen) atoms. The van der Waals surface area contributed by atoms with E-state index in [4.69, 9.17) is 11.6 Å². The van der Waals surface area contributed by atoms with Crippen molar-refractivity contribution in [2.24, 2.45) is 0 Å². The van der Waals surface area contributed by atoms with Gasteiger partial charge in [-0.15, -0.1) is 0 Å². The molecule has 0 saturated heterocycles. The average molecular weight is 366 g/mol.